The maximum absolute atomic E-state index is 13.6. The standard InChI is InChI=1S/C14H20F2N2O2/c1-5-20-14(2,3)8-18-13(19)9-6-10(15)12(17-4)11(16)7-9/h6-7,17H,5,8H2,1-4H3,(H,18,19). The summed E-state index contributed by atoms with van der Waals surface area (Å²) in [4.78, 5) is 11.9. The summed E-state index contributed by atoms with van der Waals surface area (Å²) >= 11 is 0. The maximum atomic E-state index is 13.6. The van der Waals surface area contributed by atoms with Crippen molar-refractivity contribution < 1.29 is 18.3 Å². The number of rotatable bonds is 6. The average molecular weight is 286 g/mol. The van der Waals surface area contributed by atoms with Crippen molar-refractivity contribution in [1.82, 2.24) is 5.32 Å². The van der Waals surface area contributed by atoms with E-state index in [0.717, 1.165) is 12.1 Å². The van der Waals surface area contributed by atoms with Gasteiger partial charge in [-0.25, -0.2) is 8.78 Å². The van der Waals surface area contributed by atoms with Gasteiger partial charge < -0.3 is 15.4 Å². The highest BCUT2D eigenvalue weighted by Crippen LogP contribution is 2.20. The third-order valence-corrected chi connectivity index (χ3v) is 2.76. The number of benzene rings is 1. The molecule has 1 aromatic rings. The normalized spacial score (nSPS) is 11.3. The molecular formula is C14H20F2N2O2. The van der Waals surface area contributed by atoms with Crippen LogP contribution in [0, 0.1) is 11.6 Å². The summed E-state index contributed by atoms with van der Waals surface area (Å²) in [6, 6.07) is 2.00. The lowest BCUT2D eigenvalue weighted by molar-refractivity contribution is -0.00815. The molecule has 0 bridgehead atoms. The third kappa shape index (κ3) is 4.16. The Labute approximate surface area is 117 Å². The third-order valence-electron chi connectivity index (χ3n) is 2.76. The molecule has 1 rings (SSSR count). The fourth-order valence-electron chi connectivity index (χ4n) is 1.78. The van der Waals surface area contributed by atoms with Gasteiger partial charge in [-0.1, -0.05) is 0 Å². The molecule has 0 heterocycles. The van der Waals surface area contributed by atoms with Crippen molar-refractivity contribution in [3.63, 3.8) is 0 Å². The van der Waals surface area contributed by atoms with E-state index in [2.05, 4.69) is 10.6 Å². The number of ether oxygens (including phenoxy) is 1. The molecule has 0 aliphatic carbocycles. The van der Waals surface area contributed by atoms with E-state index in [1.54, 1.807) is 0 Å². The summed E-state index contributed by atoms with van der Waals surface area (Å²) in [5.41, 5.74) is -0.852. The van der Waals surface area contributed by atoms with E-state index >= 15 is 0 Å². The first-order chi connectivity index (χ1) is 9.30. The van der Waals surface area contributed by atoms with Gasteiger partial charge in [0.25, 0.3) is 5.91 Å². The van der Waals surface area contributed by atoms with Gasteiger partial charge in [0.1, 0.15) is 17.3 Å². The second-order valence-corrected chi connectivity index (χ2v) is 4.94. The lowest BCUT2D eigenvalue weighted by Gasteiger charge is -2.24. The molecule has 1 aromatic carbocycles. The molecule has 4 nitrogen and oxygen atoms in total. The number of hydrogen-bond acceptors (Lipinski definition) is 3. The van der Waals surface area contributed by atoms with E-state index in [0.29, 0.717) is 6.61 Å². The van der Waals surface area contributed by atoms with Crippen molar-refractivity contribution in [1.29, 1.82) is 0 Å². The summed E-state index contributed by atoms with van der Waals surface area (Å²) in [5.74, 6) is -2.15. The van der Waals surface area contributed by atoms with Crippen LogP contribution in [0.4, 0.5) is 14.5 Å². The molecule has 0 saturated heterocycles. The van der Waals surface area contributed by atoms with Crippen LogP contribution in [0.5, 0.6) is 0 Å². The van der Waals surface area contributed by atoms with E-state index in [-0.39, 0.29) is 17.8 Å². The number of amides is 1. The van der Waals surface area contributed by atoms with Gasteiger partial charge >= 0.3 is 0 Å². The van der Waals surface area contributed by atoms with E-state index in [9.17, 15) is 13.6 Å². The molecule has 112 valence electrons. The van der Waals surface area contributed by atoms with Gasteiger partial charge in [-0.05, 0) is 32.9 Å². The Morgan fingerprint density at radius 2 is 1.85 bits per heavy atom. The fraction of sp³-hybridized carbons (Fsp3) is 0.500. The summed E-state index contributed by atoms with van der Waals surface area (Å²) in [7, 11) is 1.41. The average Bonchev–Trinajstić information content (AvgIpc) is 2.35. The Morgan fingerprint density at radius 3 is 2.30 bits per heavy atom. The first-order valence-electron chi connectivity index (χ1n) is 6.39. The Balaban J connectivity index is 2.79. The first-order valence-corrected chi connectivity index (χ1v) is 6.39. The monoisotopic (exact) mass is 286 g/mol. The summed E-state index contributed by atoms with van der Waals surface area (Å²) in [5, 5.41) is 5.00. The van der Waals surface area contributed by atoms with Gasteiger partial charge in [0.2, 0.25) is 0 Å². The molecule has 0 aliphatic heterocycles. The molecule has 1 amide bonds. The Bertz CT molecular complexity index is 467. The lowest BCUT2D eigenvalue weighted by atomic mass is 10.1. The van der Waals surface area contributed by atoms with Crippen LogP contribution < -0.4 is 10.6 Å². The van der Waals surface area contributed by atoms with Crippen molar-refractivity contribution in [3.8, 4) is 0 Å². The summed E-state index contributed by atoms with van der Waals surface area (Å²) in [6.07, 6.45) is 0. The summed E-state index contributed by atoms with van der Waals surface area (Å²) in [6.45, 7) is 6.26. The van der Waals surface area contributed by atoms with Crippen LogP contribution in [0.3, 0.4) is 0 Å². The smallest absolute Gasteiger partial charge is 0.251 e. The molecule has 0 fully saturated rings. The van der Waals surface area contributed by atoms with E-state index in [1.807, 2.05) is 20.8 Å². The van der Waals surface area contributed by atoms with Crippen LogP contribution in [0.2, 0.25) is 0 Å². The van der Waals surface area contributed by atoms with Gasteiger partial charge in [0.15, 0.2) is 0 Å². The van der Waals surface area contributed by atoms with Gasteiger partial charge in [0, 0.05) is 25.8 Å². The van der Waals surface area contributed by atoms with Crippen molar-refractivity contribution in [3.05, 3.63) is 29.3 Å². The molecule has 0 atom stereocenters. The van der Waals surface area contributed by atoms with Gasteiger partial charge in [0.05, 0.1) is 5.60 Å². The van der Waals surface area contributed by atoms with Crippen LogP contribution >= 0.6 is 0 Å². The molecule has 6 heteroatoms. The van der Waals surface area contributed by atoms with Gasteiger partial charge in [-0.15, -0.1) is 0 Å². The molecule has 0 aromatic heterocycles. The van der Waals surface area contributed by atoms with Gasteiger partial charge in [-0.3, -0.25) is 4.79 Å². The second kappa shape index (κ2) is 6.65. The molecule has 20 heavy (non-hydrogen) atoms. The van der Waals surface area contributed by atoms with E-state index in [4.69, 9.17) is 4.74 Å². The predicted octanol–water partition coefficient (Wildman–Crippen LogP) is 2.55. The summed E-state index contributed by atoms with van der Waals surface area (Å²) < 4.78 is 32.5. The Kier molecular flexibility index (Phi) is 5.44. The number of carbonyl (C=O) groups excluding carboxylic acids is 1. The minimum Gasteiger partial charge on any atom is -0.383 e. The SMILES string of the molecule is CCOC(C)(C)CNC(=O)c1cc(F)c(NC)c(F)c1. The number of halogens is 2. The fourth-order valence-corrected chi connectivity index (χ4v) is 1.78. The molecule has 0 radical (unpaired) electrons. The van der Waals surface area contributed by atoms with Crippen LogP contribution in [0.25, 0.3) is 0 Å². The quantitative estimate of drug-likeness (QED) is 0.845. The zero-order chi connectivity index (χ0) is 15.3. The van der Waals surface area contributed by atoms with Crippen molar-refractivity contribution in [2.75, 3.05) is 25.5 Å². The predicted molar refractivity (Wildman–Crippen MR) is 73.9 cm³/mol. The molecule has 0 unspecified atom stereocenters. The maximum Gasteiger partial charge on any atom is 0.251 e. The number of nitrogens with one attached hydrogen (secondary N) is 2. The molecule has 0 aliphatic rings. The molecular weight excluding hydrogens is 266 g/mol. The highest BCUT2D eigenvalue weighted by molar-refractivity contribution is 5.94. The first kappa shape index (κ1) is 16.4. The van der Waals surface area contributed by atoms with Gasteiger partial charge in [-0.2, -0.15) is 0 Å². The van der Waals surface area contributed by atoms with Crippen molar-refractivity contribution in [2.45, 2.75) is 26.4 Å². The van der Waals surface area contributed by atoms with Crippen LogP contribution in [0.15, 0.2) is 12.1 Å². The Morgan fingerprint density at radius 1 is 1.30 bits per heavy atom. The number of anilines is 1. The zero-order valence-electron chi connectivity index (χ0n) is 12.1. The molecule has 0 spiro atoms. The van der Waals surface area contributed by atoms with Crippen molar-refractivity contribution in [2.24, 2.45) is 0 Å². The van der Waals surface area contributed by atoms with Crippen LogP contribution in [0.1, 0.15) is 31.1 Å². The topological polar surface area (TPSA) is 50.4 Å². The largest absolute Gasteiger partial charge is 0.383 e. The van der Waals surface area contributed by atoms with Crippen molar-refractivity contribution >= 4 is 11.6 Å². The lowest BCUT2D eigenvalue weighted by Crippen LogP contribution is -2.40. The minimum atomic E-state index is -0.804. The second-order valence-electron chi connectivity index (χ2n) is 4.94. The highest BCUT2D eigenvalue weighted by Gasteiger charge is 2.20. The molecule has 2 N–H and O–H groups in total. The minimum absolute atomic E-state index is 0.0636. The zero-order valence-corrected chi connectivity index (χ0v) is 12.1. The number of carbonyl (C=O) groups is 1. The van der Waals surface area contributed by atoms with Crippen LogP contribution in [-0.4, -0.2) is 31.7 Å². The highest BCUT2D eigenvalue weighted by atomic mass is 19.1. The Hall–Kier alpha value is -1.69. The molecule has 0 saturated carbocycles. The van der Waals surface area contributed by atoms with Crippen LogP contribution in [-0.2, 0) is 4.74 Å². The number of hydrogen-bond donors (Lipinski definition) is 2. The van der Waals surface area contributed by atoms with E-state index in [1.165, 1.54) is 7.05 Å². The van der Waals surface area contributed by atoms with E-state index < -0.39 is 23.1 Å².